The molecule has 0 aromatic heterocycles. The van der Waals surface area contributed by atoms with Crippen LogP contribution in [0.5, 0.6) is 11.5 Å². The number of hydrogen-bond donors (Lipinski definition) is 2. The molecular formula is C22H27N3O4. The number of carbonyl (C=O) groups excluding carboxylic acids is 2. The van der Waals surface area contributed by atoms with Gasteiger partial charge in [0.05, 0.1) is 19.4 Å². The molecule has 0 heterocycles. The fraction of sp³-hybridized carbons (Fsp3) is 0.318. The zero-order valence-corrected chi connectivity index (χ0v) is 17.0. The van der Waals surface area contributed by atoms with Crippen LogP contribution in [0.25, 0.3) is 0 Å². The highest BCUT2D eigenvalue weighted by atomic mass is 16.5. The van der Waals surface area contributed by atoms with E-state index in [1.807, 2.05) is 32.9 Å². The molecule has 2 amide bonds. The van der Waals surface area contributed by atoms with E-state index in [1.165, 1.54) is 6.21 Å². The lowest BCUT2D eigenvalue weighted by molar-refractivity contribution is -0.136. The molecule has 0 bridgehead atoms. The Morgan fingerprint density at radius 2 is 1.72 bits per heavy atom. The first kappa shape index (κ1) is 21.9. The minimum atomic E-state index is -0.853. The van der Waals surface area contributed by atoms with Crippen LogP contribution >= 0.6 is 0 Å². The molecule has 7 nitrogen and oxygen atoms in total. The van der Waals surface area contributed by atoms with Crippen LogP contribution in [-0.2, 0) is 16.0 Å². The van der Waals surface area contributed by atoms with E-state index in [2.05, 4.69) is 15.8 Å². The number of amides is 2. The van der Waals surface area contributed by atoms with Gasteiger partial charge in [0, 0.05) is 5.69 Å². The van der Waals surface area contributed by atoms with Crippen LogP contribution in [-0.4, -0.2) is 31.2 Å². The Morgan fingerprint density at radius 3 is 2.38 bits per heavy atom. The van der Waals surface area contributed by atoms with Crippen LogP contribution in [0.4, 0.5) is 5.69 Å². The first-order chi connectivity index (χ1) is 14.1. The van der Waals surface area contributed by atoms with Gasteiger partial charge < -0.3 is 14.8 Å². The number of nitrogens with zero attached hydrogens (tertiary/aromatic N) is 1. The fourth-order valence-corrected chi connectivity index (χ4v) is 2.43. The van der Waals surface area contributed by atoms with Crippen LogP contribution in [0.15, 0.2) is 47.6 Å². The lowest BCUT2D eigenvalue weighted by Crippen LogP contribution is -2.32. The molecule has 154 valence electrons. The highest BCUT2D eigenvalue weighted by molar-refractivity contribution is 6.39. The molecule has 0 aliphatic carbocycles. The van der Waals surface area contributed by atoms with Crippen molar-refractivity contribution in [3.8, 4) is 11.5 Å². The topological polar surface area (TPSA) is 89.0 Å². The van der Waals surface area contributed by atoms with Gasteiger partial charge in [0.25, 0.3) is 0 Å². The molecule has 0 saturated carbocycles. The summed E-state index contributed by atoms with van der Waals surface area (Å²) in [5, 5.41) is 6.38. The normalized spacial score (nSPS) is 10.6. The Hall–Kier alpha value is -3.35. The highest BCUT2D eigenvalue weighted by Gasteiger charge is 2.13. The molecule has 2 aromatic rings. The molecule has 0 fully saturated rings. The summed E-state index contributed by atoms with van der Waals surface area (Å²) in [6.07, 6.45) is 3.24. The lowest BCUT2D eigenvalue weighted by Gasteiger charge is -2.11. The van der Waals surface area contributed by atoms with Gasteiger partial charge in [0.1, 0.15) is 0 Å². The third-order valence-electron chi connectivity index (χ3n) is 3.94. The van der Waals surface area contributed by atoms with Crippen molar-refractivity contribution >= 4 is 23.7 Å². The third-order valence-corrected chi connectivity index (χ3v) is 3.94. The summed E-state index contributed by atoms with van der Waals surface area (Å²) in [6.45, 7) is 7.06. The molecule has 0 aliphatic heterocycles. The molecule has 0 atom stereocenters. The quantitative estimate of drug-likeness (QED) is 0.385. The molecule has 2 N–H and O–H groups in total. The van der Waals surface area contributed by atoms with E-state index in [4.69, 9.17) is 9.47 Å². The first-order valence-corrected chi connectivity index (χ1v) is 9.70. The van der Waals surface area contributed by atoms with Crippen molar-refractivity contribution in [2.24, 2.45) is 5.10 Å². The van der Waals surface area contributed by atoms with Crippen LogP contribution in [0.2, 0.25) is 0 Å². The maximum absolute atomic E-state index is 12.0. The van der Waals surface area contributed by atoms with E-state index in [0.29, 0.717) is 36.0 Å². The number of hydrogen-bond acceptors (Lipinski definition) is 5. The van der Waals surface area contributed by atoms with E-state index in [-0.39, 0.29) is 0 Å². The number of benzene rings is 2. The largest absolute Gasteiger partial charge is 0.490 e. The highest BCUT2D eigenvalue weighted by Crippen LogP contribution is 2.28. The summed E-state index contributed by atoms with van der Waals surface area (Å²) in [7, 11) is 0. The number of aryl methyl sites for hydroxylation is 1. The van der Waals surface area contributed by atoms with Gasteiger partial charge in [0.2, 0.25) is 0 Å². The summed E-state index contributed by atoms with van der Waals surface area (Å²) in [6, 6.07) is 12.6. The summed E-state index contributed by atoms with van der Waals surface area (Å²) < 4.78 is 11.2. The number of rotatable bonds is 9. The minimum Gasteiger partial charge on any atom is -0.490 e. The van der Waals surface area contributed by atoms with E-state index in [9.17, 15) is 9.59 Å². The molecule has 2 rings (SSSR count). The molecule has 7 heteroatoms. The van der Waals surface area contributed by atoms with E-state index >= 15 is 0 Å². The van der Waals surface area contributed by atoms with Gasteiger partial charge in [-0.05, 0) is 61.2 Å². The second-order valence-electron chi connectivity index (χ2n) is 6.19. The number of ether oxygens (including phenoxy) is 2. The zero-order chi connectivity index (χ0) is 21.1. The van der Waals surface area contributed by atoms with Crippen LogP contribution in [0, 0.1) is 0 Å². The molecule has 29 heavy (non-hydrogen) atoms. The van der Waals surface area contributed by atoms with Crippen LogP contribution < -0.4 is 20.2 Å². The average molecular weight is 397 g/mol. The zero-order valence-electron chi connectivity index (χ0n) is 17.0. The second kappa shape index (κ2) is 11.5. The summed E-state index contributed by atoms with van der Waals surface area (Å²) in [4.78, 5) is 23.9. The lowest BCUT2D eigenvalue weighted by atomic mass is 10.1. The van der Waals surface area contributed by atoms with E-state index in [1.54, 1.807) is 30.3 Å². The molecule has 0 spiro atoms. The van der Waals surface area contributed by atoms with Gasteiger partial charge in [-0.2, -0.15) is 5.10 Å². The van der Waals surface area contributed by atoms with Crippen molar-refractivity contribution in [1.29, 1.82) is 0 Å². The third kappa shape index (κ3) is 6.95. The molecule has 0 radical (unpaired) electrons. The molecule has 0 saturated heterocycles. The second-order valence-corrected chi connectivity index (χ2v) is 6.19. The van der Waals surface area contributed by atoms with Gasteiger partial charge in [-0.3, -0.25) is 9.59 Å². The maximum atomic E-state index is 12.0. The molecule has 0 aliphatic rings. The number of nitrogens with one attached hydrogen (secondary N) is 2. The van der Waals surface area contributed by atoms with E-state index < -0.39 is 11.8 Å². The Kier molecular flexibility index (Phi) is 8.69. The Labute approximate surface area is 171 Å². The van der Waals surface area contributed by atoms with Gasteiger partial charge in [-0.15, -0.1) is 0 Å². The number of hydrazone groups is 1. The van der Waals surface area contributed by atoms with Gasteiger partial charge >= 0.3 is 11.8 Å². The monoisotopic (exact) mass is 397 g/mol. The summed E-state index contributed by atoms with van der Waals surface area (Å²) in [5.74, 6) is -0.383. The predicted octanol–water partition coefficient (Wildman–Crippen LogP) is 3.53. The van der Waals surface area contributed by atoms with Crippen molar-refractivity contribution in [3.63, 3.8) is 0 Å². The Morgan fingerprint density at radius 1 is 0.966 bits per heavy atom. The summed E-state index contributed by atoms with van der Waals surface area (Å²) >= 11 is 0. The number of anilines is 1. The van der Waals surface area contributed by atoms with Crippen molar-refractivity contribution in [2.75, 3.05) is 18.5 Å². The Bertz CT molecular complexity index is 848. The predicted molar refractivity (Wildman–Crippen MR) is 114 cm³/mol. The standard InChI is InChI=1S/C22H27N3O4/c1-4-13-29-19-12-9-17(14-20(19)28-6-3)15-23-25-22(27)21(26)24-18-10-7-16(5-2)8-11-18/h7-12,14-15H,4-6,13H2,1-3H3,(H,24,26)(H,25,27)/b23-15-. The SMILES string of the molecule is CCCOc1ccc(/C=N\NC(=O)C(=O)Nc2ccc(CC)cc2)cc1OCC. The van der Waals surface area contributed by atoms with Crippen LogP contribution in [0.1, 0.15) is 38.3 Å². The summed E-state index contributed by atoms with van der Waals surface area (Å²) in [5.41, 5.74) is 4.62. The van der Waals surface area contributed by atoms with Crippen molar-refractivity contribution in [1.82, 2.24) is 5.43 Å². The molecule has 2 aromatic carbocycles. The molecular weight excluding hydrogens is 370 g/mol. The fourth-order valence-electron chi connectivity index (χ4n) is 2.43. The average Bonchev–Trinajstić information content (AvgIpc) is 2.73. The number of carbonyl (C=O) groups is 2. The smallest absolute Gasteiger partial charge is 0.329 e. The van der Waals surface area contributed by atoms with Gasteiger partial charge in [-0.25, -0.2) is 5.43 Å². The van der Waals surface area contributed by atoms with Crippen molar-refractivity contribution in [3.05, 3.63) is 53.6 Å². The minimum absolute atomic E-state index is 0.499. The van der Waals surface area contributed by atoms with Gasteiger partial charge in [0.15, 0.2) is 11.5 Å². The van der Waals surface area contributed by atoms with E-state index in [0.717, 1.165) is 18.4 Å². The van der Waals surface area contributed by atoms with Crippen LogP contribution in [0.3, 0.4) is 0 Å². The van der Waals surface area contributed by atoms with Crippen molar-refractivity contribution in [2.45, 2.75) is 33.6 Å². The molecule has 0 unspecified atom stereocenters. The van der Waals surface area contributed by atoms with Gasteiger partial charge in [-0.1, -0.05) is 26.0 Å². The van der Waals surface area contributed by atoms with Crippen molar-refractivity contribution < 1.29 is 19.1 Å². The maximum Gasteiger partial charge on any atom is 0.329 e. The first-order valence-electron chi connectivity index (χ1n) is 9.70. The Balaban J connectivity index is 1.94.